The summed E-state index contributed by atoms with van der Waals surface area (Å²) >= 11 is 0. The Morgan fingerprint density at radius 2 is 1.72 bits per heavy atom. The second-order valence-corrected chi connectivity index (χ2v) is 7.11. The zero-order valence-corrected chi connectivity index (χ0v) is 16.0. The zero-order chi connectivity index (χ0) is 19.8. The number of ether oxygens (including phenoxy) is 2. The summed E-state index contributed by atoms with van der Waals surface area (Å²) < 4.78 is 11.4. The fraction of sp³-hybridized carbons (Fsp3) is 0.167. The van der Waals surface area contributed by atoms with E-state index in [2.05, 4.69) is 0 Å². The normalized spacial score (nSPS) is 19.6. The Bertz CT molecular complexity index is 1080. The van der Waals surface area contributed by atoms with Gasteiger partial charge in [0.1, 0.15) is 11.5 Å². The molecular formula is C24H20N2O3. The fourth-order valence-corrected chi connectivity index (χ4v) is 3.91. The predicted molar refractivity (Wildman–Crippen MR) is 110 cm³/mol. The summed E-state index contributed by atoms with van der Waals surface area (Å²) in [5, 5.41) is 6.64. The molecule has 0 radical (unpaired) electrons. The Morgan fingerprint density at radius 3 is 2.48 bits per heavy atom. The monoisotopic (exact) mass is 384 g/mol. The van der Waals surface area contributed by atoms with Crippen molar-refractivity contribution >= 4 is 11.5 Å². The molecule has 3 aromatic rings. The summed E-state index contributed by atoms with van der Waals surface area (Å²) in [7, 11) is 1.65. The molecule has 0 N–H and O–H groups in total. The van der Waals surface area contributed by atoms with Crippen LogP contribution in [-0.4, -0.2) is 29.8 Å². The Kier molecular flexibility index (Phi) is 4.28. The van der Waals surface area contributed by atoms with Crippen molar-refractivity contribution in [2.24, 2.45) is 5.10 Å². The van der Waals surface area contributed by atoms with Gasteiger partial charge in [-0.15, -0.1) is 0 Å². The molecule has 2 aliphatic rings. The van der Waals surface area contributed by atoms with E-state index in [1.165, 1.54) is 0 Å². The molecule has 2 heterocycles. The third-order valence-electron chi connectivity index (χ3n) is 5.40. The predicted octanol–water partition coefficient (Wildman–Crippen LogP) is 4.45. The first-order valence-electron chi connectivity index (χ1n) is 9.59. The van der Waals surface area contributed by atoms with Gasteiger partial charge in [0.25, 0.3) is 6.23 Å². The number of Topliss-reactive ketones (excluding diaryl/α,β-unsaturated/α-hetero) is 1. The Balaban J connectivity index is 1.54. The number of para-hydroxylation sites is 1. The molecule has 0 aromatic heterocycles. The van der Waals surface area contributed by atoms with Crippen LogP contribution in [0.2, 0.25) is 0 Å². The maximum Gasteiger partial charge on any atom is 0.251 e. The summed E-state index contributed by atoms with van der Waals surface area (Å²) in [6, 6.07) is 24.9. The van der Waals surface area contributed by atoms with Gasteiger partial charge in [0.2, 0.25) is 5.78 Å². The standard InChI is InChI=1S/C24H20N2O3/c1-28-18-13-11-16(12-14-18)20-15-21-19-9-5-6-10-22(19)29-24(26(21)25-20)23(27)17-7-3-2-4-8-17/h2-14,21,24H,15H2,1H3/t21-,24+/m1/s1. The number of ketones is 1. The van der Waals surface area contributed by atoms with Crippen molar-refractivity contribution in [3.05, 3.63) is 95.6 Å². The highest BCUT2D eigenvalue weighted by atomic mass is 16.5. The minimum atomic E-state index is -0.784. The van der Waals surface area contributed by atoms with Gasteiger partial charge in [0.15, 0.2) is 0 Å². The van der Waals surface area contributed by atoms with E-state index in [0.29, 0.717) is 12.0 Å². The molecule has 0 unspecified atom stereocenters. The molecule has 144 valence electrons. The van der Waals surface area contributed by atoms with Gasteiger partial charge in [-0.1, -0.05) is 48.5 Å². The van der Waals surface area contributed by atoms with Crippen molar-refractivity contribution in [1.82, 2.24) is 5.01 Å². The van der Waals surface area contributed by atoms with Crippen LogP contribution in [0.25, 0.3) is 0 Å². The molecule has 5 heteroatoms. The van der Waals surface area contributed by atoms with Crippen LogP contribution >= 0.6 is 0 Å². The van der Waals surface area contributed by atoms with Crippen molar-refractivity contribution in [2.75, 3.05) is 7.11 Å². The number of methoxy groups -OCH3 is 1. The van der Waals surface area contributed by atoms with Gasteiger partial charge in [-0.25, -0.2) is 5.01 Å². The van der Waals surface area contributed by atoms with Gasteiger partial charge in [-0.2, -0.15) is 5.10 Å². The SMILES string of the molecule is COc1ccc(C2=NN3[C@H](C2)c2ccccc2O[C@H]3C(=O)c2ccccc2)cc1. The number of fused-ring (bicyclic) bond motifs is 3. The van der Waals surface area contributed by atoms with Crippen LogP contribution in [-0.2, 0) is 0 Å². The van der Waals surface area contributed by atoms with E-state index in [4.69, 9.17) is 14.6 Å². The quantitative estimate of drug-likeness (QED) is 0.624. The molecule has 0 aliphatic carbocycles. The van der Waals surface area contributed by atoms with Crippen LogP contribution in [0, 0.1) is 0 Å². The van der Waals surface area contributed by atoms with Gasteiger partial charge < -0.3 is 9.47 Å². The van der Waals surface area contributed by atoms with Crippen molar-refractivity contribution < 1.29 is 14.3 Å². The fourth-order valence-electron chi connectivity index (χ4n) is 3.91. The summed E-state index contributed by atoms with van der Waals surface area (Å²) in [6.07, 6.45) is -0.0707. The molecule has 0 fully saturated rings. The second-order valence-electron chi connectivity index (χ2n) is 7.11. The first-order valence-corrected chi connectivity index (χ1v) is 9.59. The van der Waals surface area contributed by atoms with Gasteiger partial charge in [-0.05, 0) is 35.9 Å². The summed E-state index contributed by atoms with van der Waals surface area (Å²) in [6.45, 7) is 0. The molecule has 5 nitrogen and oxygen atoms in total. The molecule has 0 saturated heterocycles. The molecule has 0 spiro atoms. The smallest absolute Gasteiger partial charge is 0.251 e. The number of rotatable bonds is 4. The second kappa shape index (κ2) is 7.09. The van der Waals surface area contributed by atoms with Crippen LogP contribution in [0.3, 0.4) is 0 Å². The van der Waals surface area contributed by atoms with E-state index in [9.17, 15) is 4.79 Å². The van der Waals surface area contributed by atoms with Crippen molar-refractivity contribution in [2.45, 2.75) is 18.7 Å². The molecule has 5 rings (SSSR count). The number of hydrazone groups is 1. The van der Waals surface area contributed by atoms with E-state index >= 15 is 0 Å². The van der Waals surface area contributed by atoms with Crippen molar-refractivity contribution in [1.29, 1.82) is 0 Å². The summed E-state index contributed by atoms with van der Waals surface area (Å²) in [5.74, 6) is 1.45. The summed E-state index contributed by atoms with van der Waals surface area (Å²) in [4.78, 5) is 13.2. The Labute approximate surface area is 169 Å². The maximum absolute atomic E-state index is 13.2. The lowest BCUT2D eigenvalue weighted by atomic mass is 9.96. The van der Waals surface area contributed by atoms with Crippen LogP contribution < -0.4 is 9.47 Å². The topological polar surface area (TPSA) is 51.1 Å². The Morgan fingerprint density at radius 1 is 1.00 bits per heavy atom. The average molecular weight is 384 g/mol. The highest BCUT2D eigenvalue weighted by molar-refractivity contribution is 6.03. The molecule has 0 amide bonds. The van der Waals surface area contributed by atoms with Crippen LogP contribution in [0.15, 0.2) is 84.0 Å². The molecule has 29 heavy (non-hydrogen) atoms. The van der Waals surface area contributed by atoms with Crippen molar-refractivity contribution in [3.63, 3.8) is 0 Å². The third-order valence-corrected chi connectivity index (χ3v) is 5.40. The first-order chi connectivity index (χ1) is 14.2. The summed E-state index contributed by atoms with van der Waals surface area (Å²) in [5.41, 5.74) is 3.62. The Hall–Kier alpha value is -3.60. The van der Waals surface area contributed by atoms with Gasteiger partial charge in [0.05, 0.1) is 18.9 Å². The van der Waals surface area contributed by atoms with Gasteiger partial charge in [0, 0.05) is 17.5 Å². The number of nitrogens with zero attached hydrogens (tertiary/aromatic N) is 2. The first kappa shape index (κ1) is 17.5. The van der Waals surface area contributed by atoms with E-state index in [1.807, 2.05) is 83.9 Å². The number of carbonyl (C=O) groups is 1. The lowest BCUT2D eigenvalue weighted by molar-refractivity contribution is -0.00455. The number of hydrogen-bond acceptors (Lipinski definition) is 5. The van der Waals surface area contributed by atoms with Crippen LogP contribution in [0.5, 0.6) is 11.5 Å². The highest BCUT2D eigenvalue weighted by Crippen LogP contribution is 2.43. The minimum absolute atomic E-state index is 0.0327. The van der Waals surface area contributed by atoms with Gasteiger partial charge in [-0.3, -0.25) is 4.79 Å². The largest absolute Gasteiger partial charge is 0.497 e. The number of carbonyl (C=O) groups excluding carboxylic acids is 1. The van der Waals surface area contributed by atoms with Crippen LogP contribution in [0.1, 0.15) is 33.9 Å². The number of benzene rings is 3. The minimum Gasteiger partial charge on any atom is -0.497 e. The molecule has 2 aliphatic heterocycles. The highest BCUT2D eigenvalue weighted by Gasteiger charge is 2.43. The van der Waals surface area contributed by atoms with Gasteiger partial charge >= 0.3 is 0 Å². The van der Waals surface area contributed by atoms with E-state index in [-0.39, 0.29) is 11.8 Å². The number of hydrogen-bond donors (Lipinski definition) is 0. The van der Waals surface area contributed by atoms with Crippen molar-refractivity contribution in [3.8, 4) is 11.5 Å². The molecular weight excluding hydrogens is 364 g/mol. The average Bonchev–Trinajstić information content (AvgIpc) is 3.24. The zero-order valence-electron chi connectivity index (χ0n) is 16.0. The van der Waals surface area contributed by atoms with E-state index in [0.717, 1.165) is 28.3 Å². The molecule has 2 atom stereocenters. The van der Waals surface area contributed by atoms with E-state index in [1.54, 1.807) is 7.11 Å². The maximum atomic E-state index is 13.2. The molecule has 3 aromatic carbocycles. The lowest BCUT2D eigenvalue weighted by Crippen LogP contribution is -2.45. The van der Waals surface area contributed by atoms with E-state index < -0.39 is 6.23 Å². The van der Waals surface area contributed by atoms with Crippen LogP contribution in [0.4, 0.5) is 0 Å². The lowest BCUT2D eigenvalue weighted by Gasteiger charge is -2.37. The molecule has 0 bridgehead atoms. The third kappa shape index (κ3) is 3.05. The molecule has 0 saturated carbocycles.